The summed E-state index contributed by atoms with van der Waals surface area (Å²) in [4.78, 5) is 14.8. The largest absolute Gasteiger partial charge is 0.389 e. The molecule has 4 atom stereocenters. The van der Waals surface area contributed by atoms with E-state index in [1.807, 2.05) is 35.2 Å². The lowest BCUT2D eigenvalue weighted by Gasteiger charge is -2.56. The number of likely N-dealkylation sites (tertiary alicyclic amines) is 1. The first-order chi connectivity index (χ1) is 12.2. The number of rotatable bonds is 2. The maximum Gasteiger partial charge on any atom is 0.317 e. The van der Waals surface area contributed by atoms with Crippen LogP contribution in [0, 0.1) is 11.8 Å². The molecule has 0 unspecified atom stereocenters. The number of ether oxygens (including phenoxy) is 2. The van der Waals surface area contributed by atoms with Crippen molar-refractivity contribution in [3.63, 3.8) is 0 Å². The summed E-state index contributed by atoms with van der Waals surface area (Å²) in [6, 6.07) is 9.87. The van der Waals surface area contributed by atoms with Gasteiger partial charge in [-0.3, -0.25) is 0 Å². The number of aliphatic hydroxyl groups is 1. The van der Waals surface area contributed by atoms with Gasteiger partial charge in [-0.2, -0.15) is 0 Å². The molecule has 6 nitrogen and oxygen atoms in total. The van der Waals surface area contributed by atoms with Crippen LogP contribution >= 0.6 is 0 Å². The smallest absolute Gasteiger partial charge is 0.317 e. The van der Waals surface area contributed by atoms with E-state index in [2.05, 4.69) is 5.32 Å². The van der Waals surface area contributed by atoms with E-state index in [4.69, 9.17) is 9.47 Å². The molecule has 25 heavy (non-hydrogen) atoms. The van der Waals surface area contributed by atoms with Gasteiger partial charge < -0.3 is 24.8 Å². The Morgan fingerprint density at radius 3 is 2.88 bits per heavy atom. The van der Waals surface area contributed by atoms with Crippen LogP contribution in [-0.2, 0) is 16.0 Å². The van der Waals surface area contributed by atoms with Crippen LogP contribution in [0.4, 0.5) is 4.79 Å². The van der Waals surface area contributed by atoms with Crippen molar-refractivity contribution in [2.24, 2.45) is 11.8 Å². The molecule has 2 N–H and O–H groups in total. The van der Waals surface area contributed by atoms with Crippen LogP contribution in [0.1, 0.15) is 18.4 Å². The fourth-order valence-corrected chi connectivity index (χ4v) is 4.57. The average molecular weight is 346 g/mol. The number of carbonyl (C=O) groups excluding carboxylic acids is 1. The first-order valence-electron chi connectivity index (χ1n) is 9.15. The summed E-state index contributed by atoms with van der Waals surface area (Å²) in [6.45, 7) is 3.29. The topological polar surface area (TPSA) is 71.0 Å². The first kappa shape index (κ1) is 16.8. The van der Waals surface area contributed by atoms with Crippen LogP contribution in [0.3, 0.4) is 0 Å². The highest BCUT2D eigenvalue weighted by Crippen LogP contribution is 2.44. The number of nitrogens with one attached hydrogen (secondary N) is 1. The van der Waals surface area contributed by atoms with E-state index in [1.54, 1.807) is 0 Å². The monoisotopic (exact) mass is 346 g/mol. The third-order valence-corrected chi connectivity index (χ3v) is 6.00. The third-order valence-electron chi connectivity index (χ3n) is 6.00. The average Bonchev–Trinajstić information content (AvgIpc) is 2.66. The van der Waals surface area contributed by atoms with Gasteiger partial charge in [0.05, 0.1) is 18.8 Å². The first-order valence-corrected chi connectivity index (χ1v) is 9.15. The van der Waals surface area contributed by atoms with Gasteiger partial charge >= 0.3 is 6.03 Å². The lowest BCUT2D eigenvalue weighted by molar-refractivity contribution is -0.211. The van der Waals surface area contributed by atoms with Crippen molar-refractivity contribution in [2.45, 2.75) is 31.0 Å². The Labute approximate surface area is 148 Å². The minimum atomic E-state index is -0.778. The van der Waals surface area contributed by atoms with Crippen molar-refractivity contribution in [1.29, 1.82) is 0 Å². The molecule has 4 rings (SSSR count). The Bertz CT molecular complexity index is 611. The number of piperidine rings is 1. The van der Waals surface area contributed by atoms with Gasteiger partial charge in [-0.05, 0) is 12.0 Å². The van der Waals surface area contributed by atoms with E-state index >= 15 is 0 Å². The summed E-state index contributed by atoms with van der Waals surface area (Å²) in [6.07, 6.45) is 1.40. The second-order valence-electron chi connectivity index (χ2n) is 7.35. The summed E-state index contributed by atoms with van der Waals surface area (Å²) in [5.74, 6) is -0.0851. The minimum absolute atomic E-state index is 0.0314. The molecule has 3 heterocycles. The van der Waals surface area contributed by atoms with Gasteiger partial charge in [0.15, 0.2) is 0 Å². The Balaban J connectivity index is 1.49. The molecule has 3 saturated heterocycles. The lowest BCUT2D eigenvalue weighted by atomic mass is 9.66. The maximum absolute atomic E-state index is 12.9. The number of hydrogen-bond donors (Lipinski definition) is 2. The Morgan fingerprint density at radius 2 is 2.04 bits per heavy atom. The Morgan fingerprint density at radius 1 is 1.24 bits per heavy atom. The van der Waals surface area contributed by atoms with Crippen LogP contribution < -0.4 is 5.32 Å². The van der Waals surface area contributed by atoms with Crippen molar-refractivity contribution in [2.75, 3.05) is 33.0 Å². The highest BCUT2D eigenvalue weighted by molar-refractivity contribution is 5.75. The maximum atomic E-state index is 12.9. The zero-order valence-corrected chi connectivity index (χ0v) is 14.4. The lowest BCUT2D eigenvalue weighted by Crippen LogP contribution is -2.69. The van der Waals surface area contributed by atoms with Gasteiger partial charge in [0.2, 0.25) is 0 Å². The van der Waals surface area contributed by atoms with Crippen LogP contribution in [0.2, 0.25) is 0 Å². The quantitative estimate of drug-likeness (QED) is 0.849. The number of carbonyl (C=O) groups is 1. The molecule has 0 saturated carbocycles. The molecule has 3 aliphatic rings. The highest BCUT2D eigenvalue weighted by Gasteiger charge is 2.56. The molecule has 0 spiro atoms. The number of hydrogen-bond acceptors (Lipinski definition) is 4. The molecule has 0 radical (unpaired) electrons. The van der Waals surface area contributed by atoms with Gasteiger partial charge in [0.1, 0.15) is 0 Å². The summed E-state index contributed by atoms with van der Waals surface area (Å²) < 4.78 is 11.2. The molecule has 3 fully saturated rings. The van der Waals surface area contributed by atoms with Gasteiger partial charge in [0.25, 0.3) is 0 Å². The van der Waals surface area contributed by atoms with E-state index in [-0.39, 0.29) is 23.9 Å². The van der Waals surface area contributed by atoms with Crippen LogP contribution in [0.5, 0.6) is 0 Å². The molecule has 3 aliphatic heterocycles. The van der Waals surface area contributed by atoms with Crippen molar-refractivity contribution >= 4 is 6.03 Å². The summed E-state index contributed by atoms with van der Waals surface area (Å²) in [5, 5.41) is 14.3. The zero-order valence-electron chi connectivity index (χ0n) is 14.4. The fraction of sp³-hybridized carbons (Fsp3) is 0.632. The fourth-order valence-electron chi connectivity index (χ4n) is 4.57. The number of nitrogens with zero attached hydrogens (tertiary/aromatic N) is 1. The number of amides is 2. The second kappa shape index (κ2) is 6.94. The molecule has 6 heteroatoms. The number of urea groups is 1. The molecular weight excluding hydrogens is 320 g/mol. The normalized spacial score (nSPS) is 34.8. The number of fused-ring (bicyclic) bond motifs is 3. The standard InChI is InChI=1S/C19H26N2O4/c22-18(20-10-14-4-2-1-3-5-14)21-11-15-12-25-9-7-19(15,23)16-13-24-8-6-17(16)21/h1-5,15-17,23H,6-13H2,(H,20,22)/t15-,16+,17-,19-/m0/s1. The van der Waals surface area contributed by atoms with Crippen molar-refractivity contribution in [1.82, 2.24) is 10.2 Å². The van der Waals surface area contributed by atoms with Crippen LogP contribution in [0.15, 0.2) is 30.3 Å². The predicted octanol–water partition coefficient (Wildman–Crippen LogP) is 1.38. The summed E-state index contributed by atoms with van der Waals surface area (Å²) in [7, 11) is 0. The zero-order chi connectivity index (χ0) is 17.3. The van der Waals surface area contributed by atoms with Gasteiger partial charge in [-0.1, -0.05) is 30.3 Å². The molecular formula is C19H26N2O4. The molecule has 1 aromatic rings. The molecule has 1 aromatic carbocycles. The van der Waals surface area contributed by atoms with Gasteiger partial charge in [0, 0.05) is 50.6 Å². The Kier molecular flexibility index (Phi) is 4.67. The van der Waals surface area contributed by atoms with E-state index in [0.29, 0.717) is 45.9 Å². The van der Waals surface area contributed by atoms with E-state index in [0.717, 1.165) is 12.0 Å². The summed E-state index contributed by atoms with van der Waals surface area (Å²) in [5.41, 5.74) is 0.299. The molecule has 0 bridgehead atoms. The van der Waals surface area contributed by atoms with Gasteiger partial charge in [-0.25, -0.2) is 4.79 Å². The van der Waals surface area contributed by atoms with Crippen molar-refractivity contribution in [3.05, 3.63) is 35.9 Å². The van der Waals surface area contributed by atoms with Crippen LogP contribution in [0.25, 0.3) is 0 Å². The SMILES string of the molecule is O=C(NCc1ccccc1)N1C[C@H]2COCC[C@@]2(O)[C@@H]2COCC[C@@H]21. The second-order valence-corrected chi connectivity index (χ2v) is 7.35. The molecule has 0 aliphatic carbocycles. The van der Waals surface area contributed by atoms with Crippen molar-refractivity contribution in [3.8, 4) is 0 Å². The molecule has 136 valence electrons. The van der Waals surface area contributed by atoms with Crippen LogP contribution in [-0.4, -0.2) is 60.7 Å². The summed E-state index contributed by atoms with van der Waals surface area (Å²) >= 11 is 0. The highest BCUT2D eigenvalue weighted by atomic mass is 16.5. The Hall–Kier alpha value is -1.63. The number of benzene rings is 1. The van der Waals surface area contributed by atoms with E-state index in [1.165, 1.54) is 0 Å². The van der Waals surface area contributed by atoms with E-state index < -0.39 is 5.60 Å². The van der Waals surface area contributed by atoms with E-state index in [9.17, 15) is 9.90 Å². The molecule has 2 amide bonds. The van der Waals surface area contributed by atoms with Crippen molar-refractivity contribution < 1.29 is 19.4 Å². The molecule has 0 aromatic heterocycles. The third kappa shape index (κ3) is 3.14. The minimum Gasteiger partial charge on any atom is -0.389 e. The van der Waals surface area contributed by atoms with Gasteiger partial charge in [-0.15, -0.1) is 0 Å². The predicted molar refractivity (Wildman–Crippen MR) is 92.0 cm³/mol.